The fourth-order valence-electron chi connectivity index (χ4n) is 4.28. The zero-order valence-corrected chi connectivity index (χ0v) is 17.7. The van der Waals surface area contributed by atoms with Crippen LogP contribution in [-0.4, -0.2) is 40.4 Å². The topological polar surface area (TPSA) is 75.1 Å². The van der Waals surface area contributed by atoms with E-state index in [0.29, 0.717) is 19.0 Å². The maximum Gasteiger partial charge on any atom is 0.315 e. The second-order valence-corrected chi connectivity index (χ2v) is 8.53. The first-order valence-electron chi connectivity index (χ1n) is 10.5. The van der Waals surface area contributed by atoms with Crippen LogP contribution in [0.5, 0.6) is 0 Å². The summed E-state index contributed by atoms with van der Waals surface area (Å²) in [5, 5.41) is 15.3. The Labute approximate surface area is 176 Å². The molecule has 0 spiro atoms. The summed E-state index contributed by atoms with van der Waals surface area (Å²) in [5.41, 5.74) is 2.42. The maximum absolute atomic E-state index is 12.3. The molecule has 1 atom stereocenters. The van der Waals surface area contributed by atoms with Gasteiger partial charge in [-0.3, -0.25) is 0 Å². The third-order valence-electron chi connectivity index (χ3n) is 5.94. The molecule has 2 aliphatic rings. The van der Waals surface area contributed by atoms with Crippen molar-refractivity contribution < 1.29 is 4.79 Å². The number of hydrogen-bond donors (Lipinski definition) is 2. The number of amides is 2. The summed E-state index contributed by atoms with van der Waals surface area (Å²) in [4.78, 5) is 14.6. The van der Waals surface area contributed by atoms with Gasteiger partial charge in [0.2, 0.25) is 0 Å². The molecule has 1 fully saturated rings. The van der Waals surface area contributed by atoms with Crippen LogP contribution in [0.25, 0.3) is 0 Å². The van der Waals surface area contributed by atoms with Crippen molar-refractivity contribution in [1.82, 2.24) is 25.4 Å². The normalized spacial score (nSPS) is 19.0. The summed E-state index contributed by atoms with van der Waals surface area (Å²) >= 11 is 6.16. The van der Waals surface area contributed by atoms with Crippen molar-refractivity contribution in [2.45, 2.75) is 52.1 Å². The molecule has 29 heavy (non-hydrogen) atoms. The Morgan fingerprint density at radius 2 is 2.10 bits per heavy atom. The van der Waals surface area contributed by atoms with E-state index in [0.717, 1.165) is 55.6 Å². The van der Waals surface area contributed by atoms with E-state index in [2.05, 4.69) is 43.3 Å². The number of carbonyl (C=O) groups is 1. The van der Waals surface area contributed by atoms with Crippen molar-refractivity contribution >= 4 is 23.3 Å². The summed E-state index contributed by atoms with van der Waals surface area (Å²) in [6.45, 7) is 6.05. The number of halogens is 1. The van der Waals surface area contributed by atoms with Gasteiger partial charge in [0.25, 0.3) is 0 Å². The zero-order chi connectivity index (χ0) is 20.2. The minimum Gasteiger partial charge on any atom is -0.371 e. The van der Waals surface area contributed by atoms with Gasteiger partial charge in [-0.2, -0.15) is 0 Å². The average Bonchev–Trinajstić information content (AvgIpc) is 3.27. The molecule has 7 nitrogen and oxygen atoms in total. The fourth-order valence-corrected chi connectivity index (χ4v) is 4.44. The van der Waals surface area contributed by atoms with E-state index in [1.807, 2.05) is 12.1 Å². The summed E-state index contributed by atoms with van der Waals surface area (Å²) in [6, 6.07) is 5.87. The molecule has 1 aromatic carbocycles. The highest BCUT2D eigenvalue weighted by atomic mass is 35.5. The van der Waals surface area contributed by atoms with E-state index < -0.39 is 0 Å². The molecule has 156 valence electrons. The molecule has 1 aromatic heterocycles. The fraction of sp³-hybridized carbons (Fsp3) is 0.571. The van der Waals surface area contributed by atoms with Crippen LogP contribution in [0.3, 0.4) is 0 Å². The number of urea groups is 1. The molecular weight excluding hydrogens is 388 g/mol. The summed E-state index contributed by atoms with van der Waals surface area (Å²) in [5.74, 6) is 2.33. The molecule has 2 aliphatic heterocycles. The number of hydrogen-bond acceptors (Lipinski definition) is 4. The molecule has 0 saturated carbocycles. The van der Waals surface area contributed by atoms with Gasteiger partial charge in [-0.15, -0.1) is 10.2 Å². The largest absolute Gasteiger partial charge is 0.371 e. The lowest BCUT2D eigenvalue weighted by Gasteiger charge is -2.21. The van der Waals surface area contributed by atoms with Crippen LogP contribution in [0.15, 0.2) is 18.2 Å². The highest BCUT2D eigenvalue weighted by Gasteiger charge is 2.24. The number of aryl methyl sites for hydroxylation is 2. The molecule has 0 aliphatic carbocycles. The van der Waals surface area contributed by atoms with Gasteiger partial charge in [0, 0.05) is 43.3 Å². The lowest BCUT2D eigenvalue weighted by molar-refractivity contribution is 0.238. The molecular formula is C21H29ClN6O. The lowest BCUT2D eigenvalue weighted by atomic mass is 10.1. The molecule has 2 amide bonds. The van der Waals surface area contributed by atoms with Crippen LogP contribution < -0.4 is 15.5 Å². The van der Waals surface area contributed by atoms with E-state index in [1.54, 1.807) is 0 Å². The Morgan fingerprint density at radius 1 is 1.21 bits per heavy atom. The highest BCUT2D eigenvalue weighted by molar-refractivity contribution is 6.30. The highest BCUT2D eigenvalue weighted by Crippen LogP contribution is 2.29. The number of carbonyl (C=O) groups excluding carboxylic acids is 1. The van der Waals surface area contributed by atoms with Crippen LogP contribution in [0, 0.1) is 12.8 Å². The maximum atomic E-state index is 12.3. The molecule has 2 aromatic rings. The van der Waals surface area contributed by atoms with E-state index in [-0.39, 0.29) is 6.03 Å². The SMILES string of the molecule is Cc1ccc(Cl)cc1N1CCC(CNC(=O)NCc2nnc3n2CCCCC3)C1. The first kappa shape index (κ1) is 20.0. The molecule has 2 N–H and O–H groups in total. The Balaban J connectivity index is 1.23. The van der Waals surface area contributed by atoms with Crippen molar-refractivity contribution in [2.75, 3.05) is 24.5 Å². The standard InChI is InChI=1S/C21H29ClN6O/c1-15-6-7-17(22)11-18(15)27-10-8-16(14-27)12-23-21(29)24-13-20-26-25-19-5-3-2-4-9-28(19)20/h6-7,11,16H,2-5,8-10,12-14H2,1H3,(H2,23,24,29). The van der Waals surface area contributed by atoms with Gasteiger partial charge in [0.1, 0.15) is 5.82 Å². The van der Waals surface area contributed by atoms with E-state index in [4.69, 9.17) is 11.6 Å². The van der Waals surface area contributed by atoms with Crippen molar-refractivity contribution in [1.29, 1.82) is 0 Å². The monoisotopic (exact) mass is 416 g/mol. The number of nitrogens with zero attached hydrogens (tertiary/aromatic N) is 4. The van der Waals surface area contributed by atoms with Gasteiger partial charge in [-0.1, -0.05) is 24.1 Å². The number of anilines is 1. The number of rotatable bonds is 5. The van der Waals surface area contributed by atoms with Gasteiger partial charge in [-0.05, 0) is 49.8 Å². The Hall–Kier alpha value is -2.28. The molecule has 0 bridgehead atoms. The molecule has 8 heteroatoms. The number of benzene rings is 1. The summed E-state index contributed by atoms with van der Waals surface area (Å²) in [6.07, 6.45) is 5.57. The van der Waals surface area contributed by atoms with E-state index in [1.165, 1.54) is 24.1 Å². The lowest BCUT2D eigenvalue weighted by Crippen LogP contribution is -2.39. The van der Waals surface area contributed by atoms with Gasteiger partial charge in [0.05, 0.1) is 6.54 Å². The minimum atomic E-state index is -0.145. The molecule has 1 saturated heterocycles. The Kier molecular flexibility index (Phi) is 6.23. The molecule has 4 rings (SSSR count). The second kappa shape index (κ2) is 9.03. The van der Waals surface area contributed by atoms with Gasteiger partial charge in [-0.25, -0.2) is 4.79 Å². The predicted octanol–water partition coefficient (Wildman–Crippen LogP) is 3.29. The molecule has 0 radical (unpaired) electrons. The van der Waals surface area contributed by atoms with Crippen LogP contribution in [0.2, 0.25) is 5.02 Å². The van der Waals surface area contributed by atoms with Crippen LogP contribution in [0.4, 0.5) is 10.5 Å². The quantitative estimate of drug-likeness (QED) is 0.784. The molecule has 1 unspecified atom stereocenters. The third-order valence-corrected chi connectivity index (χ3v) is 6.18. The molecule has 3 heterocycles. The van der Waals surface area contributed by atoms with Crippen LogP contribution in [-0.2, 0) is 19.5 Å². The Morgan fingerprint density at radius 3 is 3.00 bits per heavy atom. The Bertz CT molecular complexity index is 867. The van der Waals surface area contributed by atoms with Crippen molar-refractivity contribution in [2.24, 2.45) is 5.92 Å². The summed E-state index contributed by atoms with van der Waals surface area (Å²) in [7, 11) is 0. The van der Waals surface area contributed by atoms with Crippen molar-refractivity contribution in [3.63, 3.8) is 0 Å². The minimum absolute atomic E-state index is 0.145. The van der Waals surface area contributed by atoms with E-state index in [9.17, 15) is 4.79 Å². The van der Waals surface area contributed by atoms with Crippen LogP contribution in [0.1, 0.15) is 42.9 Å². The third kappa shape index (κ3) is 4.83. The van der Waals surface area contributed by atoms with Crippen LogP contribution >= 0.6 is 11.6 Å². The van der Waals surface area contributed by atoms with Crippen molar-refractivity contribution in [3.05, 3.63) is 40.4 Å². The summed E-state index contributed by atoms with van der Waals surface area (Å²) < 4.78 is 2.16. The van der Waals surface area contributed by atoms with Gasteiger partial charge >= 0.3 is 6.03 Å². The zero-order valence-electron chi connectivity index (χ0n) is 17.0. The average molecular weight is 417 g/mol. The smallest absolute Gasteiger partial charge is 0.315 e. The van der Waals surface area contributed by atoms with Gasteiger partial charge in [0.15, 0.2) is 5.82 Å². The number of aromatic nitrogens is 3. The number of fused-ring (bicyclic) bond motifs is 1. The predicted molar refractivity (Wildman–Crippen MR) is 114 cm³/mol. The first-order valence-corrected chi connectivity index (χ1v) is 10.9. The second-order valence-electron chi connectivity index (χ2n) is 8.09. The van der Waals surface area contributed by atoms with Gasteiger partial charge < -0.3 is 20.1 Å². The first-order chi connectivity index (χ1) is 14.1. The van der Waals surface area contributed by atoms with Crippen molar-refractivity contribution in [3.8, 4) is 0 Å². The number of nitrogens with one attached hydrogen (secondary N) is 2. The van der Waals surface area contributed by atoms with E-state index >= 15 is 0 Å².